The van der Waals surface area contributed by atoms with Crippen molar-refractivity contribution in [3.05, 3.63) is 103 Å². The van der Waals surface area contributed by atoms with E-state index in [-0.39, 0.29) is 18.6 Å². The standard InChI is InChI=1S/C33H28N6O2/c40-31(39(26-11-7-12-26)25-9-2-1-3-10-25)21-41-27-13-6-8-22(19-27)32-36-30-15-5-4-14-28(30)33(37-32)35-24-16-17-29-23(18-24)20-34-38-29/h1-6,8-10,13-20,26H,7,11-12,21H2,(H,34,38)(H,35,36,37). The molecule has 2 N–H and O–H groups in total. The van der Waals surface area contributed by atoms with E-state index in [4.69, 9.17) is 14.7 Å². The van der Waals surface area contributed by atoms with E-state index >= 15 is 0 Å². The number of anilines is 3. The molecule has 2 aromatic heterocycles. The summed E-state index contributed by atoms with van der Waals surface area (Å²) in [6, 6.07) is 31.6. The Hall–Kier alpha value is -5.24. The zero-order chi connectivity index (χ0) is 27.6. The second-order valence-electron chi connectivity index (χ2n) is 10.2. The molecule has 0 radical (unpaired) electrons. The van der Waals surface area contributed by atoms with Crippen LogP contribution >= 0.6 is 0 Å². The Labute approximate surface area is 237 Å². The molecular weight excluding hydrogens is 512 g/mol. The molecule has 41 heavy (non-hydrogen) atoms. The highest BCUT2D eigenvalue weighted by molar-refractivity contribution is 5.95. The second-order valence-corrected chi connectivity index (χ2v) is 10.2. The van der Waals surface area contributed by atoms with E-state index in [0.717, 1.165) is 58.0 Å². The number of hydrogen-bond donors (Lipinski definition) is 2. The van der Waals surface area contributed by atoms with Crippen molar-refractivity contribution in [2.24, 2.45) is 0 Å². The molecule has 6 aromatic rings. The van der Waals surface area contributed by atoms with E-state index in [1.54, 1.807) is 6.20 Å². The van der Waals surface area contributed by atoms with Gasteiger partial charge >= 0.3 is 0 Å². The molecule has 8 heteroatoms. The summed E-state index contributed by atoms with van der Waals surface area (Å²) in [4.78, 5) is 24.9. The van der Waals surface area contributed by atoms with Crippen molar-refractivity contribution in [2.75, 3.05) is 16.8 Å². The van der Waals surface area contributed by atoms with Gasteiger partial charge in [-0.15, -0.1) is 0 Å². The fraction of sp³-hybridized carbons (Fsp3) is 0.152. The smallest absolute Gasteiger partial charge is 0.265 e. The summed E-state index contributed by atoms with van der Waals surface area (Å²) in [6.45, 7) is -0.0449. The van der Waals surface area contributed by atoms with Gasteiger partial charge in [0.1, 0.15) is 11.6 Å². The summed E-state index contributed by atoms with van der Waals surface area (Å²) in [5, 5.41) is 12.5. The number of ether oxygens (including phenoxy) is 1. The van der Waals surface area contributed by atoms with Crippen LogP contribution < -0.4 is 15.0 Å². The van der Waals surface area contributed by atoms with Crippen LogP contribution in [0.3, 0.4) is 0 Å². The molecule has 1 aliphatic carbocycles. The van der Waals surface area contributed by atoms with E-state index in [2.05, 4.69) is 15.5 Å². The first-order valence-corrected chi connectivity index (χ1v) is 13.8. The van der Waals surface area contributed by atoms with Gasteiger partial charge in [-0.2, -0.15) is 5.10 Å². The highest BCUT2D eigenvalue weighted by Gasteiger charge is 2.30. The fourth-order valence-electron chi connectivity index (χ4n) is 5.19. The van der Waals surface area contributed by atoms with Crippen LogP contribution in [0.15, 0.2) is 103 Å². The first-order chi connectivity index (χ1) is 20.2. The van der Waals surface area contributed by atoms with Crippen molar-refractivity contribution in [3.63, 3.8) is 0 Å². The van der Waals surface area contributed by atoms with E-state index in [1.807, 2.05) is 102 Å². The molecular formula is C33H28N6O2. The number of hydrogen-bond acceptors (Lipinski definition) is 6. The molecule has 0 unspecified atom stereocenters. The Morgan fingerprint density at radius 1 is 0.927 bits per heavy atom. The van der Waals surface area contributed by atoms with E-state index in [0.29, 0.717) is 17.4 Å². The minimum Gasteiger partial charge on any atom is -0.484 e. The Morgan fingerprint density at radius 2 is 1.78 bits per heavy atom. The molecule has 0 aliphatic heterocycles. The molecule has 0 bridgehead atoms. The van der Waals surface area contributed by atoms with Crippen LogP contribution in [-0.4, -0.2) is 38.7 Å². The SMILES string of the molecule is O=C(COc1cccc(-c2nc(Nc3ccc4[nH]ncc4c3)c3ccccc3n2)c1)N(c1ccccc1)C1CCC1. The van der Waals surface area contributed by atoms with Gasteiger partial charge in [0.05, 0.1) is 17.2 Å². The van der Waals surface area contributed by atoms with Gasteiger partial charge in [-0.1, -0.05) is 42.5 Å². The van der Waals surface area contributed by atoms with Crippen LogP contribution in [0, 0.1) is 0 Å². The monoisotopic (exact) mass is 540 g/mol. The number of fused-ring (bicyclic) bond motifs is 2. The number of H-pyrrole nitrogens is 1. The average Bonchev–Trinajstić information content (AvgIpc) is 3.46. The summed E-state index contributed by atoms with van der Waals surface area (Å²) in [5.41, 5.74) is 4.41. The van der Waals surface area contributed by atoms with Crippen molar-refractivity contribution in [3.8, 4) is 17.1 Å². The molecule has 4 aromatic carbocycles. The molecule has 0 saturated heterocycles. The third-order valence-corrected chi connectivity index (χ3v) is 7.50. The molecule has 1 aliphatic rings. The predicted molar refractivity (Wildman–Crippen MR) is 161 cm³/mol. The molecule has 1 fully saturated rings. The van der Waals surface area contributed by atoms with Crippen molar-refractivity contribution >= 4 is 44.9 Å². The van der Waals surface area contributed by atoms with E-state index in [1.165, 1.54) is 0 Å². The maximum absolute atomic E-state index is 13.3. The topological polar surface area (TPSA) is 96.0 Å². The van der Waals surface area contributed by atoms with Gasteiger partial charge in [0.25, 0.3) is 5.91 Å². The number of nitrogens with zero attached hydrogens (tertiary/aromatic N) is 4. The van der Waals surface area contributed by atoms with Crippen molar-refractivity contribution in [1.29, 1.82) is 0 Å². The van der Waals surface area contributed by atoms with Gasteiger partial charge in [-0.25, -0.2) is 9.97 Å². The van der Waals surface area contributed by atoms with Crippen LogP contribution in [0.2, 0.25) is 0 Å². The Morgan fingerprint density at radius 3 is 2.63 bits per heavy atom. The molecule has 0 atom stereocenters. The molecule has 0 spiro atoms. The van der Waals surface area contributed by atoms with Crippen LogP contribution in [0.25, 0.3) is 33.2 Å². The minimum atomic E-state index is -0.0469. The lowest BCUT2D eigenvalue weighted by Gasteiger charge is -2.37. The van der Waals surface area contributed by atoms with Gasteiger partial charge in [0.15, 0.2) is 12.4 Å². The zero-order valence-electron chi connectivity index (χ0n) is 22.3. The normalized spacial score (nSPS) is 13.2. The highest BCUT2D eigenvalue weighted by Crippen LogP contribution is 2.31. The molecule has 8 nitrogen and oxygen atoms in total. The quantitative estimate of drug-likeness (QED) is 0.218. The molecule has 2 heterocycles. The lowest BCUT2D eigenvalue weighted by atomic mass is 9.91. The lowest BCUT2D eigenvalue weighted by molar-refractivity contribution is -0.121. The third kappa shape index (κ3) is 5.07. The molecule has 202 valence electrons. The van der Waals surface area contributed by atoms with E-state index < -0.39 is 0 Å². The first kappa shape index (κ1) is 24.8. The third-order valence-electron chi connectivity index (χ3n) is 7.50. The average molecular weight is 541 g/mol. The number of rotatable bonds is 8. The maximum Gasteiger partial charge on any atom is 0.265 e. The molecule has 7 rings (SSSR count). The molecule has 1 amide bonds. The molecule has 1 saturated carbocycles. The van der Waals surface area contributed by atoms with Crippen LogP contribution in [-0.2, 0) is 4.79 Å². The van der Waals surface area contributed by atoms with Gasteiger partial charge in [-0.05, 0) is 73.9 Å². The lowest BCUT2D eigenvalue weighted by Crippen LogP contribution is -2.46. The second kappa shape index (κ2) is 10.7. The number of benzene rings is 4. The predicted octanol–water partition coefficient (Wildman–Crippen LogP) is 6.88. The minimum absolute atomic E-state index is 0.0449. The zero-order valence-corrected chi connectivity index (χ0v) is 22.3. The van der Waals surface area contributed by atoms with Gasteiger partial charge in [-0.3, -0.25) is 9.89 Å². The Bertz CT molecular complexity index is 1850. The number of nitrogens with one attached hydrogen (secondary N) is 2. The number of amides is 1. The number of aromatic amines is 1. The maximum atomic E-state index is 13.3. The summed E-state index contributed by atoms with van der Waals surface area (Å²) < 4.78 is 6.03. The largest absolute Gasteiger partial charge is 0.484 e. The number of carbonyl (C=O) groups excluding carboxylic acids is 1. The summed E-state index contributed by atoms with van der Waals surface area (Å²) in [6.07, 6.45) is 4.97. The summed E-state index contributed by atoms with van der Waals surface area (Å²) in [5.74, 6) is 1.81. The van der Waals surface area contributed by atoms with Crippen LogP contribution in [0.5, 0.6) is 5.75 Å². The van der Waals surface area contributed by atoms with Gasteiger partial charge in [0, 0.05) is 33.8 Å². The van der Waals surface area contributed by atoms with Crippen LogP contribution in [0.4, 0.5) is 17.2 Å². The van der Waals surface area contributed by atoms with Crippen molar-refractivity contribution in [2.45, 2.75) is 25.3 Å². The van der Waals surface area contributed by atoms with Crippen LogP contribution in [0.1, 0.15) is 19.3 Å². The van der Waals surface area contributed by atoms with Crippen molar-refractivity contribution < 1.29 is 9.53 Å². The highest BCUT2D eigenvalue weighted by atomic mass is 16.5. The van der Waals surface area contributed by atoms with Gasteiger partial charge < -0.3 is 15.0 Å². The summed E-state index contributed by atoms with van der Waals surface area (Å²) in [7, 11) is 0. The van der Waals surface area contributed by atoms with Gasteiger partial charge in [0.2, 0.25) is 0 Å². The van der Waals surface area contributed by atoms with E-state index in [9.17, 15) is 4.79 Å². The number of carbonyl (C=O) groups is 1. The van der Waals surface area contributed by atoms with Crippen molar-refractivity contribution in [1.82, 2.24) is 20.2 Å². The Balaban J connectivity index is 1.15. The first-order valence-electron chi connectivity index (χ1n) is 13.8. The number of aromatic nitrogens is 4. The fourth-order valence-corrected chi connectivity index (χ4v) is 5.19. The summed E-state index contributed by atoms with van der Waals surface area (Å²) >= 11 is 0. The Kier molecular flexibility index (Phi) is 6.48. The number of para-hydroxylation sites is 2.